The van der Waals surface area contributed by atoms with E-state index < -0.39 is 16.7 Å². The fourth-order valence-corrected chi connectivity index (χ4v) is 2.49. The van der Waals surface area contributed by atoms with Gasteiger partial charge in [0.25, 0.3) is 17.5 Å². The number of nitro benzene ring substituents is 1. The highest BCUT2D eigenvalue weighted by molar-refractivity contribution is 6.23. The van der Waals surface area contributed by atoms with Gasteiger partial charge in [-0.1, -0.05) is 35.9 Å². The smallest absolute Gasteiger partial charge is 0.270 e. The van der Waals surface area contributed by atoms with Gasteiger partial charge in [0, 0.05) is 6.07 Å². The Morgan fingerprint density at radius 2 is 1.73 bits per heavy atom. The summed E-state index contributed by atoms with van der Waals surface area (Å²) < 4.78 is 0. The van der Waals surface area contributed by atoms with Crippen molar-refractivity contribution in [3.8, 4) is 0 Å². The molecule has 110 valence electrons. The number of imide groups is 1. The lowest BCUT2D eigenvalue weighted by Crippen LogP contribution is -2.29. The molecule has 0 aromatic heterocycles. The Hall–Kier alpha value is -3.02. The van der Waals surface area contributed by atoms with Crippen LogP contribution >= 0.6 is 0 Å². The average molecular weight is 296 g/mol. The number of hydrogen-bond acceptors (Lipinski definition) is 4. The summed E-state index contributed by atoms with van der Waals surface area (Å²) in [4.78, 5) is 36.2. The van der Waals surface area contributed by atoms with Gasteiger partial charge in [0.2, 0.25) is 0 Å². The second-order valence-electron chi connectivity index (χ2n) is 5.14. The third kappa shape index (κ3) is 2.14. The van der Waals surface area contributed by atoms with Gasteiger partial charge in [-0.3, -0.25) is 24.6 Å². The Morgan fingerprint density at radius 3 is 2.36 bits per heavy atom. The molecule has 0 atom stereocenters. The lowest BCUT2D eigenvalue weighted by Gasteiger charge is -2.13. The number of amides is 2. The SMILES string of the molecule is Cc1ccc(CN2C(=O)c3cccc([N+](=O)[O-])c3C2=O)cc1. The van der Waals surface area contributed by atoms with E-state index in [0.29, 0.717) is 0 Å². The molecule has 0 saturated carbocycles. The first-order valence-electron chi connectivity index (χ1n) is 6.68. The highest BCUT2D eigenvalue weighted by Crippen LogP contribution is 2.31. The highest BCUT2D eigenvalue weighted by Gasteiger charge is 2.40. The fourth-order valence-electron chi connectivity index (χ4n) is 2.49. The summed E-state index contributed by atoms with van der Waals surface area (Å²) in [5.41, 5.74) is 1.50. The molecular formula is C16H12N2O4. The normalized spacial score (nSPS) is 13.4. The predicted octanol–water partition coefficient (Wildman–Crippen LogP) is 2.70. The van der Waals surface area contributed by atoms with Crippen molar-refractivity contribution in [2.45, 2.75) is 13.5 Å². The van der Waals surface area contributed by atoms with Crippen molar-refractivity contribution in [1.29, 1.82) is 0 Å². The molecule has 6 heteroatoms. The zero-order valence-electron chi connectivity index (χ0n) is 11.8. The third-order valence-corrected chi connectivity index (χ3v) is 3.64. The number of rotatable bonds is 3. The molecular weight excluding hydrogens is 284 g/mol. The van der Waals surface area contributed by atoms with E-state index >= 15 is 0 Å². The van der Waals surface area contributed by atoms with Crippen LogP contribution in [0.15, 0.2) is 42.5 Å². The van der Waals surface area contributed by atoms with Crippen molar-refractivity contribution < 1.29 is 14.5 Å². The zero-order chi connectivity index (χ0) is 15.9. The van der Waals surface area contributed by atoms with Crippen LogP contribution in [0.1, 0.15) is 31.8 Å². The molecule has 2 amide bonds. The minimum Gasteiger partial charge on any atom is -0.270 e. The van der Waals surface area contributed by atoms with Crippen LogP contribution in [0.2, 0.25) is 0 Å². The Morgan fingerprint density at radius 1 is 1.05 bits per heavy atom. The minimum absolute atomic E-state index is 0.0892. The molecule has 0 saturated heterocycles. The molecule has 0 unspecified atom stereocenters. The molecule has 1 aliphatic heterocycles. The maximum atomic E-state index is 12.4. The molecule has 0 bridgehead atoms. The van der Waals surface area contributed by atoms with Gasteiger partial charge in [-0.05, 0) is 18.6 Å². The third-order valence-electron chi connectivity index (χ3n) is 3.64. The molecule has 1 aliphatic rings. The quantitative estimate of drug-likeness (QED) is 0.495. The molecule has 1 heterocycles. The van der Waals surface area contributed by atoms with E-state index in [1.54, 1.807) is 0 Å². The number of fused-ring (bicyclic) bond motifs is 1. The van der Waals surface area contributed by atoms with Gasteiger partial charge >= 0.3 is 0 Å². The van der Waals surface area contributed by atoms with Crippen LogP contribution in [0.25, 0.3) is 0 Å². The Bertz CT molecular complexity index is 796. The predicted molar refractivity (Wildman–Crippen MR) is 78.5 cm³/mol. The van der Waals surface area contributed by atoms with E-state index in [1.165, 1.54) is 18.2 Å². The van der Waals surface area contributed by atoms with Crippen molar-refractivity contribution >= 4 is 17.5 Å². The Kier molecular flexibility index (Phi) is 3.21. The molecule has 2 aromatic carbocycles. The largest absolute Gasteiger partial charge is 0.282 e. The van der Waals surface area contributed by atoms with Gasteiger partial charge in [-0.15, -0.1) is 0 Å². The molecule has 0 spiro atoms. The first kappa shape index (κ1) is 13.9. The van der Waals surface area contributed by atoms with E-state index in [2.05, 4.69) is 0 Å². The van der Waals surface area contributed by atoms with E-state index in [9.17, 15) is 19.7 Å². The Balaban J connectivity index is 1.98. The summed E-state index contributed by atoms with van der Waals surface area (Å²) in [6, 6.07) is 11.5. The standard InChI is InChI=1S/C16H12N2O4/c1-10-5-7-11(8-6-10)9-17-15(19)12-3-2-4-13(18(21)22)14(12)16(17)20/h2-8H,9H2,1H3. The van der Waals surface area contributed by atoms with Crippen LogP contribution in [0.5, 0.6) is 0 Å². The summed E-state index contributed by atoms with van der Waals surface area (Å²) in [7, 11) is 0. The lowest BCUT2D eigenvalue weighted by molar-refractivity contribution is -0.385. The molecule has 22 heavy (non-hydrogen) atoms. The topological polar surface area (TPSA) is 80.5 Å². The van der Waals surface area contributed by atoms with Crippen molar-refractivity contribution in [1.82, 2.24) is 4.90 Å². The Labute approximate surface area is 126 Å². The first-order valence-corrected chi connectivity index (χ1v) is 6.68. The van der Waals surface area contributed by atoms with Gasteiger partial charge < -0.3 is 0 Å². The van der Waals surface area contributed by atoms with E-state index in [4.69, 9.17) is 0 Å². The summed E-state index contributed by atoms with van der Waals surface area (Å²) >= 11 is 0. The maximum Gasteiger partial charge on any atom is 0.282 e. The van der Waals surface area contributed by atoms with Crippen molar-refractivity contribution in [2.24, 2.45) is 0 Å². The highest BCUT2D eigenvalue weighted by atomic mass is 16.6. The first-order chi connectivity index (χ1) is 10.5. The van der Waals surface area contributed by atoms with Gasteiger partial charge in [-0.25, -0.2) is 0 Å². The zero-order valence-corrected chi connectivity index (χ0v) is 11.8. The van der Waals surface area contributed by atoms with Crippen LogP contribution in [0, 0.1) is 17.0 Å². The summed E-state index contributed by atoms with van der Waals surface area (Å²) in [6.45, 7) is 2.04. The molecule has 0 N–H and O–H groups in total. The molecule has 0 aliphatic carbocycles. The number of nitrogens with zero attached hydrogens (tertiary/aromatic N) is 2. The second-order valence-corrected chi connectivity index (χ2v) is 5.14. The van der Waals surface area contributed by atoms with Crippen molar-refractivity contribution in [3.05, 3.63) is 74.8 Å². The van der Waals surface area contributed by atoms with E-state index in [-0.39, 0.29) is 23.4 Å². The van der Waals surface area contributed by atoms with Crippen LogP contribution in [-0.2, 0) is 6.54 Å². The van der Waals surface area contributed by atoms with Crippen molar-refractivity contribution in [2.75, 3.05) is 0 Å². The van der Waals surface area contributed by atoms with Crippen molar-refractivity contribution in [3.63, 3.8) is 0 Å². The molecule has 2 aromatic rings. The van der Waals surface area contributed by atoms with Crippen LogP contribution < -0.4 is 0 Å². The summed E-state index contributed by atoms with van der Waals surface area (Å²) in [6.07, 6.45) is 0. The lowest BCUT2D eigenvalue weighted by atomic mass is 10.1. The van der Waals surface area contributed by atoms with Crippen LogP contribution in [0.3, 0.4) is 0 Å². The van der Waals surface area contributed by atoms with E-state index in [1.807, 2.05) is 31.2 Å². The van der Waals surface area contributed by atoms with Crippen LogP contribution in [-0.4, -0.2) is 21.6 Å². The monoisotopic (exact) mass is 296 g/mol. The minimum atomic E-state index is -0.639. The average Bonchev–Trinajstić information content (AvgIpc) is 2.74. The van der Waals surface area contributed by atoms with E-state index in [0.717, 1.165) is 16.0 Å². The molecule has 3 rings (SSSR count). The number of nitro groups is 1. The fraction of sp³-hybridized carbons (Fsp3) is 0.125. The molecule has 0 radical (unpaired) electrons. The number of carbonyl (C=O) groups is 2. The number of aryl methyl sites for hydroxylation is 1. The van der Waals surface area contributed by atoms with Gasteiger partial charge in [0.05, 0.1) is 17.0 Å². The van der Waals surface area contributed by atoms with Gasteiger partial charge in [-0.2, -0.15) is 0 Å². The molecule has 0 fully saturated rings. The molecule has 6 nitrogen and oxygen atoms in total. The number of benzene rings is 2. The second kappa shape index (κ2) is 5.07. The maximum absolute atomic E-state index is 12.4. The summed E-state index contributed by atoms with van der Waals surface area (Å²) in [5, 5.41) is 11.0. The van der Waals surface area contributed by atoms with Gasteiger partial charge in [0.1, 0.15) is 5.56 Å². The van der Waals surface area contributed by atoms with Crippen LogP contribution in [0.4, 0.5) is 5.69 Å². The number of hydrogen-bond donors (Lipinski definition) is 0. The summed E-state index contributed by atoms with van der Waals surface area (Å²) in [5.74, 6) is -1.11. The van der Waals surface area contributed by atoms with Gasteiger partial charge in [0.15, 0.2) is 0 Å². The number of carbonyl (C=O) groups excluding carboxylic acids is 2.